The van der Waals surface area contributed by atoms with Gasteiger partial charge in [0.2, 0.25) is 0 Å². The maximum atomic E-state index is 12.8. The van der Waals surface area contributed by atoms with Gasteiger partial charge in [-0.15, -0.1) is 0 Å². The Hall–Kier alpha value is -3.54. The Morgan fingerprint density at radius 2 is 1.86 bits per heavy atom. The Bertz CT molecular complexity index is 978. The van der Waals surface area contributed by atoms with Gasteiger partial charge in [0.05, 0.1) is 12.8 Å². The molecule has 144 valence electrons. The molecule has 1 aliphatic heterocycles. The highest BCUT2D eigenvalue weighted by atomic mass is 16.5. The molecule has 0 saturated carbocycles. The van der Waals surface area contributed by atoms with Crippen molar-refractivity contribution in [2.75, 3.05) is 18.7 Å². The number of methoxy groups -OCH3 is 1. The number of aryl methyl sites for hydroxylation is 2. The van der Waals surface area contributed by atoms with Crippen molar-refractivity contribution in [3.05, 3.63) is 71.3 Å². The van der Waals surface area contributed by atoms with E-state index in [1.54, 1.807) is 36.4 Å². The molecular weight excluding hydrogens is 356 g/mol. The van der Waals surface area contributed by atoms with Gasteiger partial charge in [0.15, 0.2) is 11.5 Å². The lowest BCUT2D eigenvalue weighted by Crippen LogP contribution is -2.35. The Balaban J connectivity index is 1.89. The average molecular weight is 378 g/mol. The van der Waals surface area contributed by atoms with E-state index in [0.29, 0.717) is 29.4 Å². The van der Waals surface area contributed by atoms with Crippen molar-refractivity contribution >= 4 is 23.6 Å². The lowest BCUT2D eigenvalue weighted by molar-refractivity contribution is -0.117. The molecule has 28 heavy (non-hydrogen) atoms. The first-order valence-electron chi connectivity index (χ1n) is 8.80. The van der Waals surface area contributed by atoms with Gasteiger partial charge in [0.1, 0.15) is 12.2 Å². The predicted octanol–water partition coefficient (Wildman–Crippen LogP) is 3.34. The minimum atomic E-state index is -0.450. The number of benzene rings is 2. The first-order valence-corrected chi connectivity index (χ1v) is 8.80. The van der Waals surface area contributed by atoms with Crippen molar-refractivity contribution in [2.24, 2.45) is 0 Å². The summed E-state index contributed by atoms with van der Waals surface area (Å²) < 4.78 is 10.9. The molecule has 0 atom stereocenters. The van der Waals surface area contributed by atoms with E-state index in [1.807, 2.05) is 26.0 Å². The molecule has 2 amide bonds. The van der Waals surface area contributed by atoms with Crippen LogP contribution in [0.4, 0.5) is 5.69 Å². The number of ether oxygens (including phenoxy) is 2. The van der Waals surface area contributed by atoms with E-state index >= 15 is 0 Å². The molecule has 3 rings (SSSR count). The Morgan fingerprint density at radius 1 is 1.07 bits per heavy atom. The zero-order chi connectivity index (χ0) is 20.3. The van der Waals surface area contributed by atoms with Crippen LogP contribution in [0.5, 0.6) is 11.5 Å². The van der Waals surface area contributed by atoms with Crippen LogP contribution in [0.2, 0.25) is 0 Å². The lowest BCUT2D eigenvalue weighted by atomic mass is 10.1. The van der Waals surface area contributed by atoms with E-state index < -0.39 is 11.8 Å². The molecule has 1 N–H and O–H groups in total. The fourth-order valence-electron chi connectivity index (χ4n) is 2.81. The summed E-state index contributed by atoms with van der Waals surface area (Å²) >= 11 is 0. The van der Waals surface area contributed by atoms with Crippen molar-refractivity contribution in [3.63, 3.8) is 0 Å². The van der Waals surface area contributed by atoms with E-state index in [9.17, 15) is 9.59 Å². The number of amides is 2. The third-order valence-corrected chi connectivity index (χ3v) is 4.50. The molecule has 0 bridgehead atoms. The van der Waals surface area contributed by atoms with Crippen LogP contribution in [-0.4, -0.2) is 25.5 Å². The van der Waals surface area contributed by atoms with E-state index in [2.05, 4.69) is 12.0 Å². The summed E-state index contributed by atoms with van der Waals surface area (Å²) in [5.41, 5.74) is 6.10. The van der Waals surface area contributed by atoms with Gasteiger partial charge in [-0.2, -0.15) is 0 Å². The van der Waals surface area contributed by atoms with Crippen LogP contribution in [-0.2, 0) is 9.59 Å². The van der Waals surface area contributed by atoms with Gasteiger partial charge in [-0.25, -0.2) is 5.01 Å². The number of carbonyl (C=O) groups excluding carboxylic acids is 2. The maximum Gasteiger partial charge on any atom is 0.282 e. The van der Waals surface area contributed by atoms with Crippen LogP contribution in [0.3, 0.4) is 0 Å². The topological polar surface area (TPSA) is 67.9 Å². The SMILES string of the molecule is C=CCOc1ccc(C=C2C(=O)NN(c3ccc(C)c(C)c3)C2=O)cc1OC. The number of rotatable bonds is 6. The molecule has 2 aromatic carbocycles. The zero-order valence-corrected chi connectivity index (χ0v) is 16.1. The standard InChI is InChI=1S/C22H22N2O4/c1-5-10-28-19-9-7-16(13-20(19)27-4)12-18-21(25)23-24(22(18)26)17-8-6-14(2)15(3)11-17/h5-9,11-13H,1,10H2,2-4H3,(H,23,25). The van der Waals surface area contributed by atoms with Crippen LogP contribution < -0.4 is 19.9 Å². The molecule has 0 spiro atoms. The number of hydrogen-bond donors (Lipinski definition) is 1. The highest BCUT2D eigenvalue weighted by Crippen LogP contribution is 2.30. The normalized spacial score (nSPS) is 15.0. The number of hydrogen-bond acceptors (Lipinski definition) is 4. The molecule has 1 heterocycles. The first kappa shape index (κ1) is 19.2. The molecule has 1 saturated heterocycles. The van der Waals surface area contributed by atoms with Gasteiger partial charge in [-0.3, -0.25) is 15.0 Å². The van der Waals surface area contributed by atoms with Gasteiger partial charge in [-0.05, 0) is 60.9 Å². The van der Waals surface area contributed by atoms with Crippen molar-refractivity contribution in [1.29, 1.82) is 0 Å². The molecule has 1 aliphatic rings. The second-order valence-corrected chi connectivity index (χ2v) is 6.42. The Morgan fingerprint density at radius 3 is 2.54 bits per heavy atom. The summed E-state index contributed by atoms with van der Waals surface area (Å²) in [5, 5.41) is 1.26. The second kappa shape index (κ2) is 8.00. The van der Waals surface area contributed by atoms with Crippen LogP contribution in [0, 0.1) is 13.8 Å². The highest BCUT2D eigenvalue weighted by Gasteiger charge is 2.34. The minimum absolute atomic E-state index is 0.0556. The number of carbonyl (C=O) groups is 2. The first-order chi connectivity index (χ1) is 13.4. The fraction of sp³-hybridized carbons (Fsp3) is 0.182. The molecule has 1 fully saturated rings. The summed E-state index contributed by atoms with van der Waals surface area (Å²) in [6.45, 7) is 7.91. The number of hydrazine groups is 1. The largest absolute Gasteiger partial charge is 0.493 e. The third kappa shape index (κ3) is 3.76. The molecule has 6 nitrogen and oxygen atoms in total. The van der Waals surface area contributed by atoms with E-state index in [-0.39, 0.29) is 5.57 Å². The van der Waals surface area contributed by atoms with E-state index in [4.69, 9.17) is 9.47 Å². The number of nitrogens with zero attached hydrogens (tertiary/aromatic N) is 1. The predicted molar refractivity (Wildman–Crippen MR) is 108 cm³/mol. The summed E-state index contributed by atoms with van der Waals surface area (Å²) in [7, 11) is 1.53. The van der Waals surface area contributed by atoms with E-state index in [1.165, 1.54) is 12.1 Å². The van der Waals surface area contributed by atoms with Gasteiger partial charge >= 0.3 is 0 Å². The van der Waals surface area contributed by atoms with Crippen molar-refractivity contribution in [1.82, 2.24) is 5.43 Å². The van der Waals surface area contributed by atoms with Crippen LogP contribution >= 0.6 is 0 Å². The Labute approximate surface area is 164 Å². The van der Waals surface area contributed by atoms with Gasteiger partial charge in [-0.1, -0.05) is 24.8 Å². The smallest absolute Gasteiger partial charge is 0.282 e. The molecule has 0 aliphatic carbocycles. The van der Waals surface area contributed by atoms with Crippen molar-refractivity contribution in [2.45, 2.75) is 13.8 Å². The maximum absolute atomic E-state index is 12.8. The number of anilines is 1. The summed E-state index contributed by atoms with van der Waals surface area (Å²) in [6.07, 6.45) is 3.18. The van der Waals surface area contributed by atoms with Gasteiger partial charge in [0.25, 0.3) is 11.8 Å². The third-order valence-electron chi connectivity index (χ3n) is 4.50. The molecule has 6 heteroatoms. The van der Waals surface area contributed by atoms with Crippen LogP contribution in [0.25, 0.3) is 6.08 Å². The summed E-state index contributed by atoms with van der Waals surface area (Å²) in [4.78, 5) is 25.2. The van der Waals surface area contributed by atoms with Crippen LogP contribution in [0.15, 0.2) is 54.6 Å². The average Bonchev–Trinajstić information content (AvgIpc) is 2.97. The molecule has 0 unspecified atom stereocenters. The van der Waals surface area contributed by atoms with Gasteiger partial charge < -0.3 is 9.47 Å². The van der Waals surface area contributed by atoms with Crippen LogP contribution in [0.1, 0.15) is 16.7 Å². The molecule has 0 radical (unpaired) electrons. The fourth-order valence-corrected chi connectivity index (χ4v) is 2.81. The molecule has 2 aromatic rings. The second-order valence-electron chi connectivity index (χ2n) is 6.42. The van der Waals surface area contributed by atoms with Gasteiger partial charge in [0, 0.05) is 0 Å². The summed E-state index contributed by atoms with van der Waals surface area (Å²) in [6, 6.07) is 10.8. The zero-order valence-electron chi connectivity index (χ0n) is 16.1. The Kier molecular flexibility index (Phi) is 5.49. The minimum Gasteiger partial charge on any atom is -0.493 e. The van der Waals surface area contributed by atoms with E-state index in [0.717, 1.165) is 11.1 Å². The number of nitrogens with one attached hydrogen (secondary N) is 1. The van der Waals surface area contributed by atoms with Crippen molar-refractivity contribution < 1.29 is 19.1 Å². The monoisotopic (exact) mass is 378 g/mol. The molecular formula is C22H22N2O4. The summed E-state index contributed by atoms with van der Waals surface area (Å²) in [5.74, 6) is 0.213. The van der Waals surface area contributed by atoms with Crippen molar-refractivity contribution in [3.8, 4) is 11.5 Å². The quantitative estimate of drug-likeness (QED) is 0.476. The highest BCUT2D eigenvalue weighted by molar-refractivity contribution is 6.31. The molecule has 0 aromatic heterocycles. The lowest BCUT2D eigenvalue weighted by Gasteiger charge is -2.16.